The first-order valence-electron chi connectivity index (χ1n) is 5.14. The Labute approximate surface area is 113 Å². The van der Waals surface area contributed by atoms with Crippen LogP contribution in [-0.2, 0) is 9.59 Å². The summed E-state index contributed by atoms with van der Waals surface area (Å²) < 4.78 is 0. The Morgan fingerprint density at radius 1 is 1.37 bits per heavy atom. The molecule has 0 saturated heterocycles. The number of hydrogen-bond acceptors (Lipinski definition) is 5. The molecule has 0 aliphatic carbocycles. The van der Waals surface area contributed by atoms with Gasteiger partial charge in [0.2, 0.25) is 11.8 Å². The lowest BCUT2D eigenvalue weighted by atomic mass is 10.2. The molecule has 9 heteroatoms. The van der Waals surface area contributed by atoms with E-state index in [0.29, 0.717) is 0 Å². The molecule has 102 valence electrons. The second kappa shape index (κ2) is 6.66. The topological polar surface area (TPSA) is 127 Å². The highest BCUT2D eigenvalue weighted by atomic mass is 35.5. The molecule has 4 N–H and O–H groups in total. The van der Waals surface area contributed by atoms with Crippen LogP contribution in [0, 0.1) is 10.1 Å². The van der Waals surface area contributed by atoms with Crippen molar-refractivity contribution < 1.29 is 14.5 Å². The van der Waals surface area contributed by atoms with Crippen LogP contribution in [0.1, 0.15) is 0 Å². The number of nitrogens with zero attached hydrogens (tertiary/aromatic N) is 1. The zero-order chi connectivity index (χ0) is 14.4. The number of nitro benzene ring substituents is 1. The maximum absolute atomic E-state index is 11.5. The van der Waals surface area contributed by atoms with Crippen molar-refractivity contribution in [2.45, 2.75) is 0 Å². The van der Waals surface area contributed by atoms with Gasteiger partial charge in [0.1, 0.15) is 5.69 Å². The summed E-state index contributed by atoms with van der Waals surface area (Å²) in [6, 6.07) is 3.77. The molecule has 8 nitrogen and oxygen atoms in total. The molecule has 0 atom stereocenters. The van der Waals surface area contributed by atoms with Gasteiger partial charge >= 0.3 is 0 Å². The molecule has 0 saturated carbocycles. The molecule has 0 aromatic heterocycles. The Bertz CT molecular complexity index is 520. The Morgan fingerprint density at radius 2 is 2.05 bits per heavy atom. The number of halogens is 1. The smallest absolute Gasteiger partial charge is 0.292 e. The van der Waals surface area contributed by atoms with Crippen molar-refractivity contribution in [3.8, 4) is 0 Å². The molecule has 0 aliphatic heterocycles. The number of nitro groups is 1. The van der Waals surface area contributed by atoms with Gasteiger partial charge in [-0.2, -0.15) is 0 Å². The van der Waals surface area contributed by atoms with Crippen LogP contribution in [0.25, 0.3) is 0 Å². The Hall–Kier alpha value is -2.19. The van der Waals surface area contributed by atoms with E-state index >= 15 is 0 Å². The Balaban J connectivity index is 2.75. The zero-order valence-electron chi connectivity index (χ0n) is 9.68. The quantitative estimate of drug-likeness (QED) is 0.528. The van der Waals surface area contributed by atoms with Crippen molar-refractivity contribution in [1.29, 1.82) is 0 Å². The largest absolute Gasteiger partial charge is 0.346 e. The van der Waals surface area contributed by atoms with Gasteiger partial charge < -0.3 is 16.4 Å². The molecular formula is C10H11ClN4O4. The molecule has 19 heavy (non-hydrogen) atoms. The highest BCUT2D eigenvalue weighted by Gasteiger charge is 2.16. The number of carbonyl (C=O) groups excluding carboxylic acids is 2. The third kappa shape index (κ3) is 4.53. The minimum absolute atomic E-state index is 0.0375. The van der Waals surface area contributed by atoms with Gasteiger partial charge in [-0.15, -0.1) is 0 Å². The van der Waals surface area contributed by atoms with E-state index in [0.717, 1.165) is 0 Å². The highest BCUT2D eigenvalue weighted by molar-refractivity contribution is 6.31. The highest BCUT2D eigenvalue weighted by Crippen LogP contribution is 2.27. The van der Waals surface area contributed by atoms with Gasteiger partial charge in [0.15, 0.2) is 0 Å². The van der Waals surface area contributed by atoms with Gasteiger partial charge in [-0.05, 0) is 12.1 Å². The molecule has 0 aliphatic rings. The van der Waals surface area contributed by atoms with Crippen LogP contribution in [0.4, 0.5) is 11.4 Å². The van der Waals surface area contributed by atoms with Crippen molar-refractivity contribution >= 4 is 34.8 Å². The summed E-state index contributed by atoms with van der Waals surface area (Å²) in [5.41, 5.74) is 4.72. The predicted octanol–water partition coefficient (Wildman–Crippen LogP) is 0.262. The van der Waals surface area contributed by atoms with E-state index in [1.165, 1.54) is 18.2 Å². The summed E-state index contributed by atoms with van der Waals surface area (Å²) in [4.78, 5) is 32.4. The van der Waals surface area contributed by atoms with E-state index in [4.69, 9.17) is 17.3 Å². The van der Waals surface area contributed by atoms with E-state index in [1.807, 2.05) is 0 Å². The number of rotatable bonds is 5. The van der Waals surface area contributed by atoms with Crippen molar-refractivity contribution in [3.05, 3.63) is 33.3 Å². The number of anilines is 1. The number of nitrogens with two attached hydrogens (primary N) is 1. The van der Waals surface area contributed by atoms with Crippen molar-refractivity contribution in [2.24, 2.45) is 5.73 Å². The van der Waals surface area contributed by atoms with Gasteiger partial charge in [0, 0.05) is 11.1 Å². The normalized spacial score (nSPS) is 9.79. The molecule has 0 radical (unpaired) electrons. The van der Waals surface area contributed by atoms with E-state index in [-0.39, 0.29) is 29.5 Å². The fourth-order valence-corrected chi connectivity index (χ4v) is 1.39. The lowest BCUT2D eigenvalue weighted by molar-refractivity contribution is -0.383. The first-order valence-corrected chi connectivity index (χ1v) is 5.52. The van der Waals surface area contributed by atoms with Crippen LogP contribution in [0.3, 0.4) is 0 Å². The standard InChI is InChI=1S/C10H11ClN4O4/c11-6-1-2-8(15(18)19)7(3-6)14-10(17)5-13-9(16)4-12/h1-3H,4-5,12H2,(H,13,16)(H,14,17). The van der Waals surface area contributed by atoms with E-state index in [1.54, 1.807) is 0 Å². The van der Waals surface area contributed by atoms with Gasteiger partial charge in [0.05, 0.1) is 18.0 Å². The monoisotopic (exact) mass is 286 g/mol. The lowest BCUT2D eigenvalue weighted by Gasteiger charge is -2.07. The van der Waals surface area contributed by atoms with Crippen molar-refractivity contribution in [1.82, 2.24) is 5.32 Å². The third-order valence-corrected chi connectivity index (χ3v) is 2.30. The Kier molecular flexibility index (Phi) is 5.22. The molecular weight excluding hydrogens is 276 g/mol. The molecule has 0 unspecified atom stereocenters. The number of hydrogen-bond donors (Lipinski definition) is 3. The van der Waals surface area contributed by atoms with Crippen LogP contribution in [0.5, 0.6) is 0 Å². The SMILES string of the molecule is NCC(=O)NCC(=O)Nc1cc(Cl)ccc1[N+](=O)[O-]. The van der Waals surface area contributed by atoms with Gasteiger partial charge in [0.25, 0.3) is 5.69 Å². The predicted molar refractivity (Wildman–Crippen MR) is 68.8 cm³/mol. The molecule has 0 bridgehead atoms. The molecule has 0 fully saturated rings. The molecule has 0 spiro atoms. The fourth-order valence-electron chi connectivity index (χ4n) is 1.21. The average molecular weight is 287 g/mol. The summed E-state index contributed by atoms with van der Waals surface area (Å²) in [5.74, 6) is -1.12. The summed E-state index contributed by atoms with van der Waals surface area (Å²) in [5, 5.41) is 15.5. The summed E-state index contributed by atoms with van der Waals surface area (Å²) in [6.45, 7) is -0.579. The van der Waals surface area contributed by atoms with Crippen LogP contribution in [0.2, 0.25) is 5.02 Å². The van der Waals surface area contributed by atoms with Gasteiger partial charge in [-0.25, -0.2) is 0 Å². The summed E-state index contributed by atoms with van der Waals surface area (Å²) in [6.07, 6.45) is 0. The third-order valence-electron chi connectivity index (χ3n) is 2.06. The van der Waals surface area contributed by atoms with Crippen LogP contribution in [-0.4, -0.2) is 29.8 Å². The molecule has 1 rings (SSSR count). The molecule has 2 amide bonds. The van der Waals surface area contributed by atoms with Crippen LogP contribution >= 0.6 is 11.6 Å². The Morgan fingerprint density at radius 3 is 2.63 bits per heavy atom. The number of amides is 2. The van der Waals surface area contributed by atoms with Crippen LogP contribution in [0.15, 0.2) is 18.2 Å². The van der Waals surface area contributed by atoms with E-state index < -0.39 is 16.7 Å². The first-order chi connectivity index (χ1) is 8.93. The summed E-state index contributed by atoms with van der Waals surface area (Å²) in [7, 11) is 0. The average Bonchev–Trinajstić information content (AvgIpc) is 2.35. The zero-order valence-corrected chi connectivity index (χ0v) is 10.4. The van der Waals surface area contributed by atoms with E-state index in [2.05, 4.69) is 10.6 Å². The number of carbonyl (C=O) groups is 2. The minimum Gasteiger partial charge on any atom is -0.346 e. The maximum Gasteiger partial charge on any atom is 0.292 e. The minimum atomic E-state index is -0.648. The fraction of sp³-hybridized carbons (Fsp3) is 0.200. The lowest BCUT2D eigenvalue weighted by Crippen LogP contribution is -2.36. The van der Waals surface area contributed by atoms with Crippen LogP contribution < -0.4 is 16.4 Å². The molecule has 1 aromatic carbocycles. The van der Waals surface area contributed by atoms with Gasteiger partial charge in [-0.3, -0.25) is 19.7 Å². The molecule has 0 heterocycles. The second-order valence-electron chi connectivity index (χ2n) is 3.45. The second-order valence-corrected chi connectivity index (χ2v) is 3.88. The van der Waals surface area contributed by atoms with Crippen molar-refractivity contribution in [2.75, 3.05) is 18.4 Å². The molecule has 1 aromatic rings. The van der Waals surface area contributed by atoms with Gasteiger partial charge in [-0.1, -0.05) is 11.6 Å². The maximum atomic E-state index is 11.5. The first kappa shape index (κ1) is 14.9. The number of benzene rings is 1. The summed E-state index contributed by atoms with van der Waals surface area (Å²) >= 11 is 5.69. The number of nitrogens with one attached hydrogen (secondary N) is 2. The van der Waals surface area contributed by atoms with E-state index in [9.17, 15) is 19.7 Å². The van der Waals surface area contributed by atoms with Crippen molar-refractivity contribution in [3.63, 3.8) is 0 Å².